The molecule has 1 aromatic heterocycles. The maximum Gasteiger partial charge on any atom is 0.408 e. The Balaban J connectivity index is 1.79. The molecule has 3 aromatic rings. The molecule has 0 fully saturated rings. The number of benzene rings is 2. The molecular formula is C42H61N7O8. The second kappa shape index (κ2) is 22.5. The molecular weight excluding hydrogens is 731 g/mol. The number of hydrogen-bond acceptors (Lipinski definition) is 9. The molecule has 0 saturated heterocycles. The minimum atomic E-state index is -1.18. The van der Waals surface area contributed by atoms with E-state index in [1.54, 1.807) is 45.0 Å². The molecule has 57 heavy (non-hydrogen) atoms. The molecule has 3 rings (SSSR count). The van der Waals surface area contributed by atoms with Crippen molar-refractivity contribution < 1.29 is 38.9 Å². The Morgan fingerprint density at radius 3 is 1.72 bits per heavy atom. The van der Waals surface area contributed by atoms with Gasteiger partial charge in [-0.3, -0.25) is 14.4 Å². The van der Waals surface area contributed by atoms with E-state index in [1.165, 1.54) is 12.5 Å². The summed E-state index contributed by atoms with van der Waals surface area (Å²) in [6, 6.07) is 13.1. The number of aromatic amines is 1. The minimum Gasteiger partial charge on any atom is -0.480 e. The van der Waals surface area contributed by atoms with Crippen LogP contribution in [0.4, 0.5) is 4.79 Å². The van der Waals surface area contributed by atoms with E-state index in [-0.39, 0.29) is 37.6 Å². The first-order valence-corrected chi connectivity index (χ1v) is 19.5. The number of amides is 4. The van der Waals surface area contributed by atoms with Crippen LogP contribution >= 0.6 is 0 Å². The Labute approximate surface area is 335 Å². The summed E-state index contributed by atoms with van der Waals surface area (Å²) < 4.78 is 5.43. The van der Waals surface area contributed by atoms with Gasteiger partial charge in [0.1, 0.15) is 23.7 Å². The van der Waals surface area contributed by atoms with Crippen LogP contribution < -0.4 is 26.6 Å². The summed E-state index contributed by atoms with van der Waals surface area (Å²) in [6.45, 7) is 12.8. The van der Waals surface area contributed by atoms with Crippen LogP contribution in [0.3, 0.4) is 0 Å². The number of H-pyrrole nitrogens is 1. The fraction of sp³-hybridized carbons (Fsp3) is 0.524. The number of carbonyl (C=O) groups is 5. The summed E-state index contributed by atoms with van der Waals surface area (Å²) in [4.78, 5) is 73.5. The van der Waals surface area contributed by atoms with Gasteiger partial charge in [-0.2, -0.15) is 0 Å². The highest BCUT2D eigenvalue weighted by atomic mass is 16.6. The van der Waals surface area contributed by atoms with Crippen LogP contribution in [0.1, 0.15) is 78.1 Å². The Kier molecular flexibility index (Phi) is 18.2. The van der Waals surface area contributed by atoms with Crippen molar-refractivity contribution in [2.75, 3.05) is 6.54 Å². The van der Waals surface area contributed by atoms with E-state index in [9.17, 15) is 34.2 Å². The summed E-state index contributed by atoms with van der Waals surface area (Å²) >= 11 is 0. The van der Waals surface area contributed by atoms with E-state index in [0.717, 1.165) is 11.1 Å². The van der Waals surface area contributed by atoms with Gasteiger partial charge in [0, 0.05) is 37.7 Å². The van der Waals surface area contributed by atoms with Crippen molar-refractivity contribution in [3.63, 3.8) is 0 Å². The van der Waals surface area contributed by atoms with Gasteiger partial charge < -0.3 is 46.5 Å². The second-order valence-electron chi connectivity index (χ2n) is 16.2. The molecule has 2 aromatic carbocycles. The molecule has 312 valence electrons. The number of nitrogens with one attached hydrogen (secondary N) is 6. The van der Waals surface area contributed by atoms with Crippen molar-refractivity contribution in [3.05, 3.63) is 90.0 Å². The Hall–Kier alpha value is -5.28. The molecule has 0 saturated carbocycles. The summed E-state index contributed by atoms with van der Waals surface area (Å²) in [5.41, 5.74) is 1.28. The van der Waals surface area contributed by atoms with Crippen LogP contribution in [0, 0.1) is 11.8 Å². The molecule has 4 amide bonds. The SMILES string of the molecule is CC(C)C[C@H](NCC(O)[C@H](CC(C)C)NC(=O)[C@H](Cc1cnc[nH]1)NC(=O)[C@H](Cc1ccccc1)NC(=O)OC(C)(C)C)C(=O)N[C@@H](Cc1ccccc1)C(=O)O. The lowest BCUT2D eigenvalue weighted by atomic mass is 9.97. The van der Waals surface area contributed by atoms with Crippen molar-refractivity contribution >= 4 is 29.8 Å². The van der Waals surface area contributed by atoms with E-state index in [0.29, 0.717) is 18.5 Å². The number of aliphatic hydroxyl groups is 1. The Bertz CT molecular complexity index is 1700. The van der Waals surface area contributed by atoms with Gasteiger partial charge in [-0.1, -0.05) is 88.4 Å². The van der Waals surface area contributed by atoms with E-state index in [4.69, 9.17) is 4.74 Å². The Morgan fingerprint density at radius 1 is 0.702 bits per heavy atom. The monoisotopic (exact) mass is 791 g/mol. The van der Waals surface area contributed by atoms with Gasteiger partial charge in [-0.05, 0) is 56.6 Å². The van der Waals surface area contributed by atoms with Crippen LogP contribution in [0.15, 0.2) is 73.2 Å². The van der Waals surface area contributed by atoms with Gasteiger partial charge in [0.25, 0.3) is 0 Å². The topological polar surface area (TPSA) is 224 Å². The van der Waals surface area contributed by atoms with Crippen LogP contribution in [0.2, 0.25) is 0 Å². The molecule has 0 aliphatic carbocycles. The third kappa shape index (κ3) is 17.2. The second-order valence-corrected chi connectivity index (χ2v) is 16.2. The first-order chi connectivity index (χ1) is 26.9. The van der Waals surface area contributed by atoms with Crippen LogP contribution in [-0.4, -0.2) is 98.4 Å². The summed E-state index contributed by atoms with van der Waals surface area (Å²) in [6.07, 6.45) is 1.97. The molecule has 0 spiro atoms. The maximum absolute atomic E-state index is 14.1. The average Bonchev–Trinajstić information content (AvgIpc) is 3.65. The largest absolute Gasteiger partial charge is 0.480 e. The van der Waals surface area contributed by atoms with Gasteiger partial charge in [-0.25, -0.2) is 14.6 Å². The van der Waals surface area contributed by atoms with E-state index >= 15 is 0 Å². The summed E-state index contributed by atoms with van der Waals surface area (Å²) in [5, 5.41) is 35.6. The molecule has 1 unspecified atom stereocenters. The molecule has 0 aliphatic heterocycles. The number of aromatic nitrogens is 2. The van der Waals surface area contributed by atoms with Gasteiger partial charge in [0.05, 0.1) is 24.5 Å². The first kappa shape index (κ1) is 46.1. The van der Waals surface area contributed by atoms with Crippen molar-refractivity contribution in [1.29, 1.82) is 0 Å². The smallest absolute Gasteiger partial charge is 0.408 e. The van der Waals surface area contributed by atoms with Gasteiger partial charge in [-0.15, -0.1) is 0 Å². The number of carboxylic acids is 1. The zero-order valence-electron chi connectivity index (χ0n) is 34.1. The van der Waals surface area contributed by atoms with Crippen molar-refractivity contribution in [2.45, 2.75) is 122 Å². The predicted octanol–water partition coefficient (Wildman–Crippen LogP) is 3.28. The van der Waals surface area contributed by atoms with Crippen molar-refractivity contribution in [3.8, 4) is 0 Å². The number of nitrogens with zero attached hydrogens (tertiary/aromatic N) is 1. The lowest BCUT2D eigenvalue weighted by Gasteiger charge is -2.30. The minimum absolute atomic E-state index is 0.0230. The number of aliphatic carboxylic acids is 1. The molecule has 0 bridgehead atoms. The molecule has 6 atom stereocenters. The first-order valence-electron chi connectivity index (χ1n) is 19.5. The number of hydrogen-bond donors (Lipinski definition) is 8. The van der Waals surface area contributed by atoms with E-state index in [1.807, 2.05) is 64.1 Å². The molecule has 0 radical (unpaired) electrons. The van der Waals surface area contributed by atoms with Crippen LogP contribution in [0.5, 0.6) is 0 Å². The normalized spacial score (nSPS) is 14.8. The van der Waals surface area contributed by atoms with Gasteiger partial charge in [0.2, 0.25) is 17.7 Å². The summed E-state index contributed by atoms with van der Waals surface area (Å²) in [5.74, 6) is -2.81. The number of carbonyl (C=O) groups excluding carboxylic acids is 4. The van der Waals surface area contributed by atoms with Crippen molar-refractivity contribution in [1.82, 2.24) is 36.6 Å². The number of aliphatic hydroxyl groups excluding tert-OH is 1. The fourth-order valence-electron chi connectivity index (χ4n) is 6.19. The van der Waals surface area contributed by atoms with Gasteiger partial charge in [0.15, 0.2) is 0 Å². The van der Waals surface area contributed by atoms with Crippen LogP contribution in [-0.2, 0) is 43.2 Å². The third-order valence-corrected chi connectivity index (χ3v) is 8.91. The highest BCUT2D eigenvalue weighted by Crippen LogP contribution is 2.14. The van der Waals surface area contributed by atoms with Crippen LogP contribution in [0.25, 0.3) is 0 Å². The molecule has 15 nitrogen and oxygen atoms in total. The standard InChI is InChI=1S/C42H61N7O8/c1-26(2)18-31(36(50)24-44-32(19-27(3)4)37(51)48-35(40(54)55)21-29-16-12-9-13-17-29)46-39(53)34(22-30-23-43-25-45-30)47-38(52)33(20-28-14-10-8-11-15-28)49-41(56)57-42(5,6)7/h8-17,23,25-27,31-36,44,50H,18-22,24H2,1-7H3,(H,43,45)(H,46,53)(H,47,52)(H,48,51)(H,49,56)(H,54,55)/t31-,32-,33-,34-,35-,36?/m0/s1. The number of carboxylic acid groups (broad SMARTS) is 1. The van der Waals surface area contributed by atoms with E-state index < -0.39 is 71.7 Å². The quantitative estimate of drug-likeness (QED) is 0.0742. The highest BCUT2D eigenvalue weighted by Gasteiger charge is 2.33. The van der Waals surface area contributed by atoms with Gasteiger partial charge >= 0.3 is 12.1 Å². The highest BCUT2D eigenvalue weighted by molar-refractivity contribution is 5.92. The average molecular weight is 792 g/mol. The van der Waals surface area contributed by atoms with Crippen molar-refractivity contribution in [2.24, 2.45) is 11.8 Å². The number of ether oxygens (including phenoxy) is 1. The molecule has 0 aliphatic rings. The molecule has 8 N–H and O–H groups in total. The molecule has 15 heteroatoms. The zero-order chi connectivity index (χ0) is 42.1. The lowest BCUT2D eigenvalue weighted by Crippen LogP contribution is -2.59. The molecule has 1 heterocycles. The lowest BCUT2D eigenvalue weighted by molar-refractivity contribution is -0.142. The summed E-state index contributed by atoms with van der Waals surface area (Å²) in [7, 11) is 0. The third-order valence-electron chi connectivity index (χ3n) is 8.91. The Morgan fingerprint density at radius 2 is 1.21 bits per heavy atom. The van der Waals surface area contributed by atoms with E-state index in [2.05, 4.69) is 36.6 Å². The number of alkyl carbamates (subject to hydrolysis) is 1. The number of rotatable bonds is 22. The maximum atomic E-state index is 14.1. The predicted molar refractivity (Wildman–Crippen MR) is 216 cm³/mol. The fourth-order valence-corrected chi connectivity index (χ4v) is 6.19. The number of imidazole rings is 1. The zero-order valence-corrected chi connectivity index (χ0v) is 34.1.